The molecule has 0 rings (SSSR count). The highest BCUT2D eigenvalue weighted by Gasteiger charge is 2.30. The predicted molar refractivity (Wildman–Crippen MR) is 52.5 cm³/mol. The van der Waals surface area contributed by atoms with Crippen LogP contribution in [0.5, 0.6) is 0 Å². The van der Waals surface area contributed by atoms with Crippen molar-refractivity contribution < 1.29 is 24.2 Å². The number of carbonyl (C=O) groups excluding carboxylic acids is 1. The molecule has 0 aliphatic rings. The Bertz CT molecular complexity index is 239. The van der Waals surface area contributed by atoms with Gasteiger partial charge in [-0.15, -0.1) is 0 Å². The third-order valence-corrected chi connectivity index (χ3v) is 1.99. The maximum atomic E-state index is 11.5. The number of methoxy groups -OCH3 is 2. The maximum absolute atomic E-state index is 11.5. The Balaban J connectivity index is 4.41. The molecule has 1 unspecified atom stereocenters. The van der Waals surface area contributed by atoms with Crippen LogP contribution in [-0.4, -0.2) is 49.5 Å². The van der Waals surface area contributed by atoms with Crippen molar-refractivity contribution in [2.45, 2.75) is 25.5 Å². The summed E-state index contributed by atoms with van der Waals surface area (Å²) in [5.74, 6) is -1.63. The summed E-state index contributed by atoms with van der Waals surface area (Å²) in [5.41, 5.74) is -1.05. The van der Waals surface area contributed by atoms with Crippen molar-refractivity contribution in [3.63, 3.8) is 0 Å². The van der Waals surface area contributed by atoms with Gasteiger partial charge in [0.25, 0.3) is 5.91 Å². The molecule has 6 heteroatoms. The van der Waals surface area contributed by atoms with E-state index in [4.69, 9.17) is 9.84 Å². The summed E-state index contributed by atoms with van der Waals surface area (Å²) in [7, 11) is 2.75. The number of rotatable bonds is 6. The van der Waals surface area contributed by atoms with Crippen molar-refractivity contribution in [3.05, 3.63) is 0 Å². The van der Waals surface area contributed by atoms with E-state index in [-0.39, 0.29) is 6.61 Å². The number of carbonyl (C=O) groups is 2. The first-order valence-corrected chi connectivity index (χ1v) is 4.43. The van der Waals surface area contributed by atoms with E-state index in [2.05, 4.69) is 10.1 Å². The molecule has 0 bridgehead atoms. The van der Waals surface area contributed by atoms with Crippen LogP contribution >= 0.6 is 0 Å². The molecule has 1 atom stereocenters. The van der Waals surface area contributed by atoms with Gasteiger partial charge in [-0.1, -0.05) is 0 Å². The highest BCUT2D eigenvalue weighted by atomic mass is 16.5. The zero-order chi connectivity index (χ0) is 12.1. The van der Waals surface area contributed by atoms with Crippen LogP contribution in [0.2, 0.25) is 0 Å². The van der Waals surface area contributed by atoms with E-state index in [1.165, 1.54) is 14.2 Å². The van der Waals surface area contributed by atoms with Crippen molar-refractivity contribution in [2.75, 3.05) is 20.8 Å². The Morgan fingerprint density at radius 2 is 1.93 bits per heavy atom. The number of hydrogen-bond acceptors (Lipinski definition) is 4. The Labute approximate surface area is 88.6 Å². The van der Waals surface area contributed by atoms with E-state index in [1.807, 2.05) is 0 Å². The summed E-state index contributed by atoms with van der Waals surface area (Å²) in [5, 5.41) is 11.1. The lowest BCUT2D eigenvalue weighted by atomic mass is 10.1. The number of carboxylic acids is 1. The second-order valence-corrected chi connectivity index (χ2v) is 3.53. The van der Waals surface area contributed by atoms with Gasteiger partial charge in [0.05, 0.1) is 6.61 Å². The Morgan fingerprint density at radius 1 is 1.40 bits per heavy atom. The summed E-state index contributed by atoms with van der Waals surface area (Å²) in [6.45, 7) is 3.02. The largest absolute Gasteiger partial charge is 0.480 e. The first-order valence-electron chi connectivity index (χ1n) is 4.43. The number of carboxylic acid groups (broad SMARTS) is 1. The molecule has 88 valence electrons. The van der Waals surface area contributed by atoms with Crippen LogP contribution in [0.25, 0.3) is 0 Å². The van der Waals surface area contributed by atoms with Crippen molar-refractivity contribution in [1.29, 1.82) is 0 Å². The monoisotopic (exact) mass is 219 g/mol. The molecule has 0 spiro atoms. The lowest BCUT2D eigenvalue weighted by molar-refractivity contribution is -0.148. The van der Waals surface area contributed by atoms with Gasteiger partial charge in [0.2, 0.25) is 0 Å². The van der Waals surface area contributed by atoms with Gasteiger partial charge in [0.1, 0.15) is 5.60 Å². The van der Waals surface area contributed by atoms with Crippen LogP contribution in [0.3, 0.4) is 0 Å². The van der Waals surface area contributed by atoms with Gasteiger partial charge in [-0.25, -0.2) is 4.79 Å². The minimum Gasteiger partial charge on any atom is -0.480 e. The first kappa shape index (κ1) is 13.9. The molecule has 0 saturated heterocycles. The van der Waals surface area contributed by atoms with E-state index in [1.54, 1.807) is 13.8 Å². The normalized spacial score (nSPS) is 13.3. The molecule has 0 aliphatic carbocycles. The molecule has 2 N–H and O–H groups in total. The standard InChI is InChI=1S/C9H17NO5/c1-9(2,15-4)8(13)10-6(5-14-3)7(11)12/h6H,5H2,1-4H3,(H,10,13)(H,11,12). The molecule has 15 heavy (non-hydrogen) atoms. The average molecular weight is 219 g/mol. The third-order valence-electron chi connectivity index (χ3n) is 1.99. The molecule has 0 saturated carbocycles. The fourth-order valence-electron chi connectivity index (χ4n) is 0.766. The fourth-order valence-corrected chi connectivity index (χ4v) is 0.766. The molecule has 0 aliphatic heterocycles. The minimum absolute atomic E-state index is 0.0825. The topological polar surface area (TPSA) is 84.9 Å². The molecule has 0 aromatic rings. The van der Waals surface area contributed by atoms with Crippen LogP contribution in [0, 0.1) is 0 Å². The predicted octanol–water partition coefficient (Wildman–Crippen LogP) is -0.373. The first-order chi connectivity index (χ1) is 6.85. The summed E-state index contributed by atoms with van der Waals surface area (Å²) in [6.07, 6.45) is 0. The molecule has 1 amide bonds. The minimum atomic E-state index is -1.14. The lowest BCUT2D eigenvalue weighted by Crippen LogP contribution is -2.52. The number of nitrogens with one attached hydrogen (secondary N) is 1. The van der Waals surface area contributed by atoms with Gasteiger partial charge in [-0.3, -0.25) is 4.79 Å². The molecular formula is C9H17NO5. The van der Waals surface area contributed by atoms with Crippen molar-refractivity contribution in [2.24, 2.45) is 0 Å². The van der Waals surface area contributed by atoms with Crippen LogP contribution in [0.4, 0.5) is 0 Å². The van der Waals surface area contributed by atoms with Crippen LogP contribution in [0.1, 0.15) is 13.8 Å². The molecule has 6 nitrogen and oxygen atoms in total. The Kier molecular flexibility index (Phi) is 5.24. The molecule has 0 aromatic heterocycles. The molecule has 0 fully saturated rings. The van der Waals surface area contributed by atoms with Crippen LogP contribution in [-0.2, 0) is 19.1 Å². The summed E-state index contributed by atoms with van der Waals surface area (Å²) < 4.78 is 9.59. The van der Waals surface area contributed by atoms with Crippen molar-refractivity contribution >= 4 is 11.9 Å². The summed E-state index contributed by atoms with van der Waals surface area (Å²) >= 11 is 0. The van der Waals surface area contributed by atoms with E-state index in [9.17, 15) is 9.59 Å². The second kappa shape index (κ2) is 5.67. The van der Waals surface area contributed by atoms with E-state index in [0.29, 0.717) is 0 Å². The smallest absolute Gasteiger partial charge is 0.328 e. The highest BCUT2D eigenvalue weighted by molar-refractivity contribution is 5.88. The highest BCUT2D eigenvalue weighted by Crippen LogP contribution is 2.07. The van der Waals surface area contributed by atoms with Gasteiger partial charge in [-0.2, -0.15) is 0 Å². The van der Waals surface area contributed by atoms with Crippen molar-refractivity contribution in [1.82, 2.24) is 5.32 Å². The number of hydrogen-bond donors (Lipinski definition) is 2. The lowest BCUT2D eigenvalue weighted by Gasteiger charge is -2.24. The van der Waals surface area contributed by atoms with E-state index < -0.39 is 23.5 Å². The Hall–Kier alpha value is -1.14. The van der Waals surface area contributed by atoms with Gasteiger partial charge in [0.15, 0.2) is 6.04 Å². The fraction of sp³-hybridized carbons (Fsp3) is 0.778. The number of aliphatic carboxylic acids is 1. The van der Waals surface area contributed by atoms with E-state index >= 15 is 0 Å². The quantitative estimate of drug-likeness (QED) is 0.636. The Morgan fingerprint density at radius 3 is 2.27 bits per heavy atom. The zero-order valence-electron chi connectivity index (χ0n) is 9.36. The summed E-state index contributed by atoms with van der Waals surface area (Å²) in [6, 6.07) is -1.06. The van der Waals surface area contributed by atoms with Gasteiger partial charge >= 0.3 is 5.97 Å². The second-order valence-electron chi connectivity index (χ2n) is 3.53. The molecule has 0 radical (unpaired) electrons. The maximum Gasteiger partial charge on any atom is 0.328 e. The van der Waals surface area contributed by atoms with Gasteiger partial charge in [-0.05, 0) is 13.8 Å². The van der Waals surface area contributed by atoms with Gasteiger partial charge < -0.3 is 19.9 Å². The third kappa shape index (κ3) is 4.26. The van der Waals surface area contributed by atoms with Crippen LogP contribution in [0.15, 0.2) is 0 Å². The zero-order valence-corrected chi connectivity index (χ0v) is 9.36. The average Bonchev–Trinajstić information content (AvgIpc) is 2.16. The molecule has 0 aromatic carbocycles. The molecular weight excluding hydrogens is 202 g/mol. The SMILES string of the molecule is COCC(NC(=O)C(C)(C)OC)C(=O)O. The summed E-state index contributed by atoms with van der Waals surface area (Å²) in [4.78, 5) is 22.2. The number of amides is 1. The van der Waals surface area contributed by atoms with Crippen LogP contribution < -0.4 is 5.32 Å². The number of ether oxygens (including phenoxy) is 2. The van der Waals surface area contributed by atoms with Gasteiger partial charge in [0, 0.05) is 14.2 Å². The van der Waals surface area contributed by atoms with Crippen molar-refractivity contribution in [3.8, 4) is 0 Å². The molecule has 0 heterocycles. The van der Waals surface area contributed by atoms with E-state index in [0.717, 1.165) is 0 Å².